The van der Waals surface area contributed by atoms with Gasteiger partial charge in [-0.1, -0.05) is 11.6 Å². The molecule has 5 nitrogen and oxygen atoms in total. The van der Waals surface area contributed by atoms with Crippen LogP contribution in [0, 0.1) is 0 Å². The highest BCUT2D eigenvalue weighted by Gasteiger charge is 2.22. The number of ether oxygens (including phenoxy) is 1. The van der Waals surface area contributed by atoms with E-state index in [0.717, 1.165) is 58.3 Å². The quantitative estimate of drug-likeness (QED) is 0.769. The van der Waals surface area contributed by atoms with E-state index in [1.165, 1.54) is 5.69 Å². The molecule has 6 heteroatoms. The summed E-state index contributed by atoms with van der Waals surface area (Å²) in [6.07, 6.45) is 0. The average molecular weight is 297 g/mol. The van der Waals surface area contributed by atoms with Gasteiger partial charge >= 0.3 is 0 Å². The van der Waals surface area contributed by atoms with Crippen LogP contribution in [0.1, 0.15) is 0 Å². The Labute approximate surface area is 125 Å². The first-order chi connectivity index (χ1) is 9.74. The zero-order chi connectivity index (χ0) is 13.9. The molecule has 2 saturated heterocycles. The van der Waals surface area contributed by atoms with Crippen molar-refractivity contribution in [2.45, 2.75) is 0 Å². The molecule has 0 atom stereocenters. The number of piperazine rings is 1. The predicted octanol–water partition coefficient (Wildman–Crippen LogP) is 1.32. The van der Waals surface area contributed by atoms with Crippen LogP contribution in [-0.2, 0) is 4.74 Å². The highest BCUT2D eigenvalue weighted by atomic mass is 35.5. The van der Waals surface area contributed by atoms with Crippen molar-refractivity contribution in [3.8, 4) is 0 Å². The van der Waals surface area contributed by atoms with E-state index in [-0.39, 0.29) is 0 Å². The van der Waals surface area contributed by atoms with Gasteiger partial charge < -0.3 is 19.4 Å². The molecule has 2 fully saturated rings. The number of morpholine rings is 1. The van der Waals surface area contributed by atoms with Crippen LogP contribution in [-0.4, -0.2) is 69.4 Å². The fraction of sp³-hybridized carbons (Fsp3) is 0.643. The van der Waals surface area contributed by atoms with Crippen molar-refractivity contribution in [2.24, 2.45) is 0 Å². The lowest BCUT2D eigenvalue weighted by molar-refractivity contribution is 0.122. The average Bonchev–Trinajstić information content (AvgIpc) is 2.49. The second-order valence-corrected chi connectivity index (χ2v) is 5.75. The van der Waals surface area contributed by atoms with Gasteiger partial charge in [0, 0.05) is 39.3 Å². The first-order valence-electron chi connectivity index (χ1n) is 7.17. The van der Waals surface area contributed by atoms with Crippen LogP contribution in [0.25, 0.3) is 0 Å². The lowest BCUT2D eigenvalue weighted by atomic mass is 10.2. The van der Waals surface area contributed by atoms with E-state index in [1.807, 2.05) is 6.07 Å². The van der Waals surface area contributed by atoms with Crippen molar-refractivity contribution in [1.29, 1.82) is 0 Å². The summed E-state index contributed by atoms with van der Waals surface area (Å²) in [5.41, 5.74) is 1.18. The third kappa shape index (κ3) is 3.00. The first-order valence-corrected chi connectivity index (χ1v) is 7.54. The van der Waals surface area contributed by atoms with E-state index in [2.05, 4.69) is 32.8 Å². The van der Waals surface area contributed by atoms with Crippen LogP contribution in [0.2, 0.25) is 5.15 Å². The van der Waals surface area contributed by atoms with Gasteiger partial charge in [-0.2, -0.15) is 0 Å². The molecule has 0 bridgehead atoms. The van der Waals surface area contributed by atoms with Gasteiger partial charge in [0.2, 0.25) is 0 Å². The summed E-state index contributed by atoms with van der Waals surface area (Å²) in [4.78, 5) is 11.6. The van der Waals surface area contributed by atoms with E-state index in [9.17, 15) is 0 Å². The van der Waals surface area contributed by atoms with Gasteiger partial charge in [-0.25, -0.2) is 4.98 Å². The van der Waals surface area contributed by atoms with Gasteiger partial charge in [-0.3, -0.25) is 0 Å². The molecule has 0 N–H and O–H groups in total. The lowest BCUT2D eigenvalue weighted by Crippen LogP contribution is -2.46. The summed E-state index contributed by atoms with van der Waals surface area (Å²) in [5, 5.41) is 0.566. The fourth-order valence-corrected chi connectivity index (χ4v) is 2.86. The molecule has 0 aliphatic carbocycles. The zero-order valence-electron chi connectivity index (χ0n) is 11.9. The van der Waals surface area contributed by atoms with Gasteiger partial charge in [-0.05, 0) is 19.2 Å². The number of hydrogen-bond donors (Lipinski definition) is 0. The number of anilines is 2. The molecule has 2 aliphatic heterocycles. The topological polar surface area (TPSA) is 31.8 Å². The monoisotopic (exact) mass is 296 g/mol. The third-order valence-electron chi connectivity index (χ3n) is 3.98. The van der Waals surface area contributed by atoms with Gasteiger partial charge in [-0.15, -0.1) is 0 Å². The van der Waals surface area contributed by atoms with E-state index in [0.29, 0.717) is 5.15 Å². The first kappa shape index (κ1) is 13.9. The Kier molecular flexibility index (Phi) is 4.29. The Morgan fingerprint density at radius 3 is 2.40 bits per heavy atom. The number of hydrogen-bond acceptors (Lipinski definition) is 5. The van der Waals surface area contributed by atoms with Crippen molar-refractivity contribution < 1.29 is 4.74 Å². The van der Waals surface area contributed by atoms with Crippen LogP contribution in [0.5, 0.6) is 0 Å². The Bertz CT molecular complexity index is 456. The number of aromatic nitrogens is 1. The number of nitrogens with zero attached hydrogens (tertiary/aromatic N) is 4. The summed E-state index contributed by atoms with van der Waals surface area (Å²) in [5.74, 6) is 1.02. The zero-order valence-corrected chi connectivity index (χ0v) is 12.6. The summed E-state index contributed by atoms with van der Waals surface area (Å²) in [7, 11) is 2.16. The molecule has 2 aliphatic rings. The van der Waals surface area contributed by atoms with Crippen LogP contribution < -0.4 is 9.80 Å². The molecule has 0 saturated carbocycles. The summed E-state index contributed by atoms with van der Waals surface area (Å²) < 4.78 is 5.44. The molecular formula is C14H21ClN4O. The van der Waals surface area contributed by atoms with Crippen LogP contribution in [0.15, 0.2) is 12.1 Å². The maximum Gasteiger partial charge on any atom is 0.154 e. The summed E-state index contributed by atoms with van der Waals surface area (Å²) in [6, 6.07) is 3.97. The summed E-state index contributed by atoms with van der Waals surface area (Å²) >= 11 is 6.11. The fourth-order valence-electron chi connectivity index (χ4n) is 2.72. The highest BCUT2D eigenvalue weighted by Crippen LogP contribution is 2.30. The molecule has 0 unspecified atom stereocenters. The maximum absolute atomic E-state index is 6.11. The lowest BCUT2D eigenvalue weighted by Gasteiger charge is -2.37. The minimum Gasteiger partial charge on any atom is -0.378 e. The molecule has 0 aromatic carbocycles. The Morgan fingerprint density at radius 1 is 1.00 bits per heavy atom. The SMILES string of the molecule is CN1CCN(c2nc(Cl)ccc2N2CCOCC2)CC1. The van der Waals surface area contributed by atoms with Gasteiger partial charge in [0.1, 0.15) is 5.15 Å². The van der Waals surface area contributed by atoms with Gasteiger partial charge in [0.05, 0.1) is 18.9 Å². The predicted molar refractivity (Wildman–Crippen MR) is 82.0 cm³/mol. The molecule has 0 radical (unpaired) electrons. The molecule has 3 rings (SSSR count). The van der Waals surface area contributed by atoms with Crippen molar-refractivity contribution in [2.75, 3.05) is 69.3 Å². The van der Waals surface area contributed by atoms with Crippen molar-refractivity contribution in [3.05, 3.63) is 17.3 Å². The number of pyridine rings is 1. The minimum absolute atomic E-state index is 0.566. The van der Waals surface area contributed by atoms with E-state index < -0.39 is 0 Å². The summed E-state index contributed by atoms with van der Waals surface area (Å²) in [6.45, 7) is 7.54. The number of likely N-dealkylation sites (N-methyl/N-ethyl adjacent to an activating group) is 1. The van der Waals surface area contributed by atoms with Crippen molar-refractivity contribution in [1.82, 2.24) is 9.88 Å². The van der Waals surface area contributed by atoms with E-state index >= 15 is 0 Å². The Hall–Kier alpha value is -1.04. The maximum atomic E-state index is 6.11. The molecule has 0 amide bonds. The molecule has 110 valence electrons. The molecular weight excluding hydrogens is 276 g/mol. The number of halogens is 1. The number of rotatable bonds is 2. The Balaban J connectivity index is 1.85. The van der Waals surface area contributed by atoms with E-state index in [1.54, 1.807) is 0 Å². The Morgan fingerprint density at radius 2 is 1.70 bits per heavy atom. The minimum atomic E-state index is 0.566. The second-order valence-electron chi connectivity index (χ2n) is 5.37. The normalized spacial score (nSPS) is 21.3. The van der Waals surface area contributed by atoms with Gasteiger partial charge in [0.15, 0.2) is 5.82 Å². The molecule has 3 heterocycles. The second kappa shape index (κ2) is 6.16. The highest BCUT2D eigenvalue weighted by molar-refractivity contribution is 6.29. The van der Waals surface area contributed by atoms with Gasteiger partial charge in [0.25, 0.3) is 0 Å². The standard InChI is InChI=1S/C14H21ClN4O/c1-17-4-6-19(7-5-17)14-12(2-3-13(15)16-14)18-8-10-20-11-9-18/h2-3H,4-11H2,1H3. The smallest absolute Gasteiger partial charge is 0.154 e. The largest absolute Gasteiger partial charge is 0.378 e. The van der Waals surface area contributed by atoms with Crippen LogP contribution in [0.3, 0.4) is 0 Å². The molecule has 20 heavy (non-hydrogen) atoms. The van der Waals surface area contributed by atoms with E-state index in [4.69, 9.17) is 16.3 Å². The third-order valence-corrected chi connectivity index (χ3v) is 4.19. The molecule has 1 aromatic rings. The van der Waals surface area contributed by atoms with Crippen LogP contribution >= 0.6 is 11.6 Å². The van der Waals surface area contributed by atoms with Crippen molar-refractivity contribution in [3.63, 3.8) is 0 Å². The van der Waals surface area contributed by atoms with Crippen LogP contribution in [0.4, 0.5) is 11.5 Å². The molecule has 1 aromatic heterocycles. The molecule has 0 spiro atoms. The van der Waals surface area contributed by atoms with Crippen molar-refractivity contribution >= 4 is 23.1 Å².